The third-order valence-corrected chi connectivity index (χ3v) is 3.86. The van der Waals surface area contributed by atoms with Gasteiger partial charge in [0.25, 0.3) is 0 Å². The van der Waals surface area contributed by atoms with Crippen molar-refractivity contribution in [3.05, 3.63) is 23.9 Å². The average molecular weight is 248 g/mol. The van der Waals surface area contributed by atoms with Crippen LogP contribution < -0.4 is 10.6 Å². The first-order valence-electron chi connectivity index (χ1n) is 6.62. The number of likely N-dealkylation sites (N-methyl/N-ethyl adjacent to an activating group) is 1. The van der Waals surface area contributed by atoms with Gasteiger partial charge in [-0.2, -0.15) is 0 Å². The van der Waals surface area contributed by atoms with Crippen molar-refractivity contribution in [3.63, 3.8) is 0 Å². The van der Waals surface area contributed by atoms with E-state index in [0.29, 0.717) is 12.0 Å². The van der Waals surface area contributed by atoms with E-state index in [9.17, 15) is 0 Å². The first-order valence-corrected chi connectivity index (χ1v) is 6.62. The molecule has 2 unspecified atom stereocenters. The summed E-state index contributed by atoms with van der Waals surface area (Å²) >= 11 is 0. The molecule has 2 heterocycles. The summed E-state index contributed by atoms with van der Waals surface area (Å²) in [5, 5.41) is 0. The lowest BCUT2D eigenvalue weighted by molar-refractivity contribution is 0.266. The van der Waals surface area contributed by atoms with Crippen molar-refractivity contribution in [2.45, 2.75) is 25.9 Å². The fraction of sp³-hybridized carbons (Fsp3) is 0.643. The van der Waals surface area contributed by atoms with Crippen molar-refractivity contribution in [3.8, 4) is 0 Å². The van der Waals surface area contributed by atoms with Crippen LogP contribution in [0.3, 0.4) is 0 Å². The zero-order valence-corrected chi connectivity index (χ0v) is 11.8. The first-order chi connectivity index (χ1) is 8.49. The molecule has 1 aromatic heterocycles. The van der Waals surface area contributed by atoms with E-state index in [4.69, 9.17) is 5.73 Å². The van der Waals surface area contributed by atoms with Gasteiger partial charge in [0.05, 0.1) is 0 Å². The fourth-order valence-corrected chi connectivity index (χ4v) is 2.70. The fourth-order valence-electron chi connectivity index (χ4n) is 2.70. The Morgan fingerprint density at radius 2 is 2.17 bits per heavy atom. The van der Waals surface area contributed by atoms with Crippen molar-refractivity contribution in [1.29, 1.82) is 0 Å². The topological polar surface area (TPSA) is 45.4 Å². The van der Waals surface area contributed by atoms with E-state index in [1.54, 1.807) is 0 Å². The minimum Gasteiger partial charge on any atom is -0.355 e. The van der Waals surface area contributed by atoms with Gasteiger partial charge < -0.3 is 15.5 Å². The van der Waals surface area contributed by atoms with Crippen LogP contribution >= 0.6 is 0 Å². The van der Waals surface area contributed by atoms with Crippen LogP contribution in [-0.4, -0.2) is 43.1 Å². The van der Waals surface area contributed by atoms with Crippen LogP contribution in [-0.2, 0) is 0 Å². The number of nitrogens with zero attached hydrogens (tertiary/aromatic N) is 3. The molecule has 1 aliphatic rings. The number of hydrogen-bond acceptors (Lipinski definition) is 4. The maximum Gasteiger partial charge on any atom is 0.128 e. The number of pyridine rings is 1. The summed E-state index contributed by atoms with van der Waals surface area (Å²) < 4.78 is 0. The third-order valence-electron chi connectivity index (χ3n) is 3.86. The molecule has 1 fully saturated rings. The van der Waals surface area contributed by atoms with Crippen LogP contribution in [0.5, 0.6) is 0 Å². The largest absolute Gasteiger partial charge is 0.355 e. The Morgan fingerprint density at radius 3 is 2.72 bits per heavy atom. The van der Waals surface area contributed by atoms with Gasteiger partial charge in [-0.25, -0.2) is 4.98 Å². The van der Waals surface area contributed by atoms with Crippen LogP contribution in [0.2, 0.25) is 0 Å². The molecule has 0 spiro atoms. The van der Waals surface area contributed by atoms with E-state index in [1.807, 2.05) is 19.2 Å². The third kappa shape index (κ3) is 2.65. The molecule has 1 aromatic rings. The Labute approximate surface area is 110 Å². The van der Waals surface area contributed by atoms with Crippen molar-refractivity contribution in [2.24, 2.45) is 11.7 Å². The normalized spacial score (nSPS) is 25.8. The van der Waals surface area contributed by atoms with Gasteiger partial charge in [-0.1, -0.05) is 6.92 Å². The summed E-state index contributed by atoms with van der Waals surface area (Å²) in [5.41, 5.74) is 7.08. The van der Waals surface area contributed by atoms with Gasteiger partial charge in [0.1, 0.15) is 5.82 Å². The molecule has 2 rings (SSSR count). The lowest BCUT2D eigenvalue weighted by Crippen LogP contribution is -2.34. The predicted molar refractivity (Wildman–Crippen MR) is 75.7 cm³/mol. The highest BCUT2D eigenvalue weighted by molar-refractivity contribution is 5.43. The smallest absolute Gasteiger partial charge is 0.128 e. The molecule has 0 aromatic carbocycles. The van der Waals surface area contributed by atoms with Crippen molar-refractivity contribution < 1.29 is 0 Å². The molecule has 0 aliphatic carbocycles. The predicted octanol–water partition coefficient (Wildman–Crippen LogP) is 1.49. The van der Waals surface area contributed by atoms with Gasteiger partial charge in [0.15, 0.2) is 0 Å². The van der Waals surface area contributed by atoms with Crippen LogP contribution in [0.15, 0.2) is 18.3 Å². The minimum atomic E-state index is 0.0661. The Morgan fingerprint density at radius 1 is 1.44 bits per heavy atom. The molecule has 18 heavy (non-hydrogen) atoms. The van der Waals surface area contributed by atoms with Gasteiger partial charge in [0.2, 0.25) is 0 Å². The minimum absolute atomic E-state index is 0.0661. The second kappa shape index (κ2) is 5.24. The second-order valence-electron chi connectivity index (χ2n) is 5.65. The first kappa shape index (κ1) is 13.3. The summed E-state index contributed by atoms with van der Waals surface area (Å²) in [6.07, 6.45) is 1.86. The highest BCUT2D eigenvalue weighted by atomic mass is 15.3. The van der Waals surface area contributed by atoms with E-state index >= 15 is 0 Å². The molecule has 0 saturated carbocycles. The Bertz CT molecular complexity index is 403. The number of rotatable bonds is 3. The molecule has 1 saturated heterocycles. The van der Waals surface area contributed by atoms with E-state index < -0.39 is 0 Å². The molecular formula is C14H24N4. The summed E-state index contributed by atoms with van der Waals surface area (Å²) in [7, 11) is 4.30. The Kier molecular flexibility index (Phi) is 3.88. The molecule has 0 bridgehead atoms. The maximum absolute atomic E-state index is 5.93. The van der Waals surface area contributed by atoms with Gasteiger partial charge in [-0.15, -0.1) is 0 Å². The molecule has 100 valence electrons. The number of aromatic nitrogens is 1. The second-order valence-corrected chi connectivity index (χ2v) is 5.65. The summed E-state index contributed by atoms with van der Waals surface area (Å²) in [4.78, 5) is 9.15. The van der Waals surface area contributed by atoms with Crippen LogP contribution in [0.25, 0.3) is 0 Å². The molecule has 4 heteroatoms. The molecule has 2 N–H and O–H groups in total. The highest BCUT2D eigenvalue weighted by Crippen LogP contribution is 2.25. The van der Waals surface area contributed by atoms with Gasteiger partial charge in [0, 0.05) is 31.4 Å². The SMILES string of the molecule is CC1CN(c2cc([C@H](C)N)ccn2)CC1N(C)C. The number of hydrogen-bond donors (Lipinski definition) is 1. The number of anilines is 1. The molecule has 4 nitrogen and oxygen atoms in total. The molecule has 0 radical (unpaired) electrons. The zero-order chi connectivity index (χ0) is 13.3. The summed E-state index contributed by atoms with van der Waals surface area (Å²) in [6, 6.07) is 4.79. The van der Waals surface area contributed by atoms with Crippen molar-refractivity contribution >= 4 is 5.82 Å². The van der Waals surface area contributed by atoms with E-state index in [2.05, 4.69) is 41.9 Å². The van der Waals surface area contributed by atoms with E-state index in [-0.39, 0.29) is 6.04 Å². The Balaban J connectivity index is 2.16. The van der Waals surface area contributed by atoms with Crippen LogP contribution in [0.1, 0.15) is 25.5 Å². The van der Waals surface area contributed by atoms with Crippen LogP contribution in [0.4, 0.5) is 5.82 Å². The van der Waals surface area contributed by atoms with Gasteiger partial charge in [-0.3, -0.25) is 0 Å². The lowest BCUT2D eigenvalue weighted by Gasteiger charge is -2.22. The van der Waals surface area contributed by atoms with E-state index in [0.717, 1.165) is 24.5 Å². The summed E-state index contributed by atoms with van der Waals surface area (Å²) in [5.74, 6) is 1.72. The highest BCUT2D eigenvalue weighted by Gasteiger charge is 2.31. The number of nitrogens with two attached hydrogens (primary N) is 1. The zero-order valence-electron chi connectivity index (χ0n) is 11.8. The standard InChI is InChI=1S/C14H24N4/c1-10-8-18(9-13(10)17(3)4)14-7-12(11(2)15)5-6-16-14/h5-7,10-11,13H,8-9,15H2,1-4H3/t10?,11-,13?/m0/s1. The monoisotopic (exact) mass is 248 g/mol. The molecule has 1 aliphatic heterocycles. The quantitative estimate of drug-likeness (QED) is 0.880. The van der Waals surface area contributed by atoms with Gasteiger partial charge in [-0.05, 0) is 44.6 Å². The van der Waals surface area contributed by atoms with Crippen molar-refractivity contribution in [2.75, 3.05) is 32.1 Å². The Hall–Kier alpha value is -1.13. The lowest BCUT2D eigenvalue weighted by atomic mass is 10.1. The maximum atomic E-state index is 5.93. The van der Waals surface area contributed by atoms with Crippen LogP contribution in [0, 0.1) is 5.92 Å². The molecule has 3 atom stereocenters. The average Bonchev–Trinajstić information content (AvgIpc) is 2.71. The van der Waals surface area contributed by atoms with Gasteiger partial charge >= 0.3 is 0 Å². The summed E-state index contributed by atoms with van der Waals surface area (Å²) in [6.45, 7) is 6.43. The van der Waals surface area contributed by atoms with E-state index in [1.165, 1.54) is 0 Å². The molecule has 0 amide bonds. The molecular weight excluding hydrogens is 224 g/mol. The van der Waals surface area contributed by atoms with Crippen molar-refractivity contribution in [1.82, 2.24) is 9.88 Å².